The minimum absolute atomic E-state index is 0.0472. The number of piperidine rings is 1. The standard InChI is InChI=1S/C50H75FN2O11/c1-10-36-23-29(2)44(51)30(3)24-42(61-8)46-43(62-9)25-32(5)50(59,64-46)47(56)48(57)53-21-15-14-18-38(53)49(58)63-45(33(6)39(54)27-40(36)55)31(4)22-35-19-20-37(41(26-35)60-7)52-28-34-16-12-11-13-17-34/h11-13,16-17,22-23,30,32-33,35-39,41-46,52,54,59H,10,14-15,18-21,24-28H2,1-9H3/b29-23+,31-22?. The maximum absolute atomic E-state index is 16.3. The zero-order chi connectivity index (χ0) is 46.9. The van der Waals surface area contributed by atoms with Crippen molar-refractivity contribution in [3.05, 3.63) is 59.2 Å². The quantitative estimate of drug-likeness (QED) is 0.146. The van der Waals surface area contributed by atoms with Crippen LogP contribution in [0.5, 0.6) is 0 Å². The van der Waals surface area contributed by atoms with Crippen LogP contribution < -0.4 is 5.32 Å². The van der Waals surface area contributed by atoms with Gasteiger partial charge in [-0.2, -0.15) is 0 Å². The van der Waals surface area contributed by atoms with Crippen LogP contribution in [-0.4, -0.2) is 127 Å². The molecule has 3 fully saturated rings. The number of methoxy groups -OCH3 is 3. The van der Waals surface area contributed by atoms with E-state index in [1.54, 1.807) is 40.9 Å². The van der Waals surface area contributed by atoms with Crippen molar-refractivity contribution in [2.75, 3.05) is 27.9 Å². The molecule has 0 aromatic heterocycles. The molecule has 64 heavy (non-hydrogen) atoms. The monoisotopic (exact) mass is 899 g/mol. The number of rotatable bonds is 9. The number of allylic oxidation sites excluding steroid dienone is 3. The highest BCUT2D eigenvalue weighted by atomic mass is 19.1. The summed E-state index contributed by atoms with van der Waals surface area (Å²) in [6.45, 7) is 11.1. The Morgan fingerprint density at radius 2 is 1.62 bits per heavy atom. The topological polar surface area (TPSA) is 170 Å². The van der Waals surface area contributed by atoms with Gasteiger partial charge in [-0.3, -0.25) is 14.4 Å². The van der Waals surface area contributed by atoms with Crippen LogP contribution in [0.25, 0.3) is 0 Å². The fourth-order valence-corrected chi connectivity index (χ4v) is 10.4. The van der Waals surface area contributed by atoms with Crippen molar-refractivity contribution in [3.63, 3.8) is 0 Å². The Kier molecular flexibility index (Phi) is 18.9. The van der Waals surface area contributed by atoms with E-state index in [2.05, 4.69) is 23.5 Å². The molecule has 2 saturated heterocycles. The molecule has 0 spiro atoms. The molecule has 14 heteroatoms. The first kappa shape index (κ1) is 51.6. The van der Waals surface area contributed by atoms with Gasteiger partial charge in [-0.25, -0.2) is 9.18 Å². The van der Waals surface area contributed by atoms with E-state index in [0.29, 0.717) is 43.4 Å². The summed E-state index contributed by atoms with van der Waals surface area (Å²) in [5.74, 6) is -8.91. The van der Waals surface area contributed by atoms with Crippen molar-refractivity contribution in [2.24, 2.45) is 29.6 Å². The van der Waals surface area contributed by atoms with Crippen molar-refractivity contribution >= 4 is 23.4 Å². The third-order valence-electron chi connectivity index (χ3n) is 14.6. The minimum atomic E-state index is -2.60. The number of carbonyl (C=O) groups excluding carboxylic acids is 4. The number of Topliss-reactive ketones (excluding diaryl/α,β-unsaturated/α-hetero) is 2. The van der Waals surface area contributed by atoms with Crippen LogP contribution in [-0.2, 0) is 49.4 Å². The van der Waals surface area contributed by atoms with Gasteiger partial charge in [0.25, 0.3) is 11.7 Å². The van der Waals surface area contributed by atoms with Crippen molar-refractivity contribution in [2.45, 2.75) is 173 Å². The summed E-state index contributed by atoms with van der Waals surface area (Å²) in [5.41, 5.74) is 2.20. The Hall–Kier alpha value is -3.37. The highest BCUT2D eigenvalue weighted by molar-refractivity contribution is 6.39. The number of aliphatic hydroxyl groups excluding tert-OH is 1. The number of benzene rings is 1. The number of cyclic esters (lactones) is 1. The summed E-state index contributed by atoms with van der Waals surface area (Å²) >= 11 is 0. The van der Waals surface area contributed by atoms with Crippen LogP contribution in [0.15, 0.2) is 53.6 Å². The summed E-state index contributed by atoms with van der Waals surface area (Å²) < 4.78 is 46.4. The Morgan fingerprint density at radius 3 is 2.28 bits per heavy atom. The highest BCUT2D eigenvalue weighted by Crippen LogP contribution is 2.39. The number of fused-ring (bicyclic) bond motifs is 3. The number of halogens is 1. The van der Waals surface area contributed by atoms with Crippen LogP contribution in [0.4, 0.5) is 4.39 Å². The molecule has 1 saturated carbocycles. The van der Waals surface area contributed by atoms with E-state index in [4.69, 9.17) is 23.7 Å². The van der Waals surface area contributed by atoms with E-state index >= 15 is 4.39 Å². The number of hydrogen-bond acceptors (Lipinski definition) is 12. The normalized spacial score (nSPS) is 39.0. The third-order valence-corrected chi connectivity index (χ3v) is 14.6. The van der Waals surface area contributed by atoms with Crippen LogP contribution in [0.1, 0.15) is 111 Å². The van der Waals surface area contributed by atoms with E-state index in [-0.39, 0.29) is 56.1 Å². The number of alkyl halides is 1. The Bertz CT molecular complexity index is 1790. The molecule has 358 valence electrons. The number of nitrogens with zero attached hydrogens (tertiary/aromatic N) is 1. The van der Waals surface area contributed by atoms with Crippen LogP contribution in [0, 0.1) is 29.6 Å². The van der Waals surface area contributed by atoms with E-state index in [1.165, 1.54) is 24.7 Å². The van der Waals surface area contributed by atoms with E-state index in [0.717, 1.165) is 12.8 Å². The van der Waals surface area contributed by atoms with Gasteiger partial charge in [0, 0.05) is 64.6 Å². The Morgan fingerprint density at radius 1 is 0.953 bits per heavy atom. The second kappa shape index (κ2) is 23.4. The molecule has 1 aromatic rings. The lowest BCUT2D eigenvalue weighted by molar-refractivity contribution is -0.302. The van der Waals surface area contributed by atoms with Gasteiger partial charge in [0.15, 0.2) is 0 Å². The van der Waals surface area contributed by atoms with E-state index in [1.807, 2.05) is 32.0 Å². The molecule has 4 aliphatic rings. The van der Waals surface area contributed by atoms with Gasteiger partial charge in [0.1, 0.15) is 30.2 Å². The molecular formula is C50H75FN2O11. The number of carbonyl (C=O) groups is 4. The SMILES string of the molecule is CCC1/C=C(\C)C(F)C(C)CC(OC)C2OC(O)(C(=O)C(=O)N3CCCCC3C(=O)OC(C(C)=CC3CCC(NCc4ccccc4)C(OC)C3)C(C)C(O)CC1=O)C(C)CC2OC. The van der Waals surface area contributed by atoms with Gasteiger partial charge in [-0.05, 0) is 100 Å². The van der Waals surface area contributed by atoms with Gasteiger partial charge in [0.2, 0.25) is 5.79 Å². The van der Waals surface area contributed by atoms with Gasteiger partial charge in [-0.1, -0.05) is 70.2 Å². The largest absolute Gasteiger partial charge is 0.456 e. The molecule has 1 aliphatic carbocycles. The molecule has 1 amide bonds. The first-order chi connectivity index (χ1) is 30.5. The summed E-state index contributed by atoms with van der Waals surface area (Å²) in [5, 5.41) is 27.5. The number of ketones is 2. The van der Waals surface area contributed by atoms with Gasteiger partial charge >= 0.3 is 5.97 Å². The fraction of sp³-hybridized carbons (Fsp3) is 0.720. The van der Waals surface area contributed by atoms with Crippen molar-refractivity contribution in [1.82, 2.24) is 10.2 Å². The number of ether oxygens (including phenoxy) is 5. The summed E-state index contributed by atoms with van der Waals surface area (Å²) in [4.78, 5) is 58.2. The molecule has 0 radical (unpaired) electrons. The first-order valence-corrected chi connectivity index (χ1v) is 23.5. The lowest BCUT2D eigenvalue weighted by atomic mass is 9.80. The summed E-state index contributed by atoms with van der Waals surface area (Å²) in [6, 6.07) is 9.13. The predicted octanol–water partition coefficient (Wildman–Crippen LogP) is 6.22. The molecule has 3 heterocycles. The van der Waals surface area contributed by atoms with Crippen LogP contribution >= 0.6 is 0 Å². The third kappa shape index (κ3) is 12.1. The van der Waals surface area contributed by atoms with Crippen molar-refractivity contribution in [1.29, 1.82) is 0 Å². The average molecular weight is 899 g/mol. The number of esters is 1. The molecule has 1 aromatic carbocycles. The lowest BCUT2D eigenvalue weighted by Gasteiger charge is -2.47. The average Bonchev–Trinajstić information content (AvgIpc) is 3.30. The van der Waals surface area contributed by atoms with Crippen molar-refractivity contribution < 1.29 is 57.5 Å². The fourth-order valence-electron chi connectivity index (χ4n) is 10.4. The molecule has 2 bridgehead atoms. The van der Waals surface area contributed by atoms with Crippen LogP contribution in [0.2, 0.25) is 0 Å². The maximum Gasteiger partial charge on any atom is 0.329 e. The molecule has 5 rings (SSSR count). The van der Waals surface area contributed by atoms with Gasteiger partial charge in [-0.15, -0.1) is 0 Å². The molecule has 15 unspecified atom stereocenters. The number of nitrogens with one attached hydrogen (secondary N) is 1. The Labute approximate surface area is 379 Å². The van der Waals surface area contributed by atoms with Gasteiger partial charge < -0.3 is 44.1 Å². The number of amides is 1. The Balaban J connectivity index is 1.49. The van der Waals surface area contributed by atoms with Gasteiger partial charge in [0.05, 0.1) is 24.4 Å². The molecule has 15 atom stereocenters. The number of aliphatic hydroxyl groups is 2. The highest BCUT2D eigenvalue weighted by Gasteiger charge is 2.57. The second-order valence-electron chi connectivity index (χ2n) is 19.0. The number of hydrogen-bond donors (Lipinski definition) is 3. The lowest BCUT2D eigenvalue weighted by Crippen LogP contribution is -2.64. The maximum atomic E-state index is 16.3. The zero-order valence-corrected chi connectivity index (χ0v) is 39.5. The first-order valence-electron chi connectivity index (χ1n) is 23.5. The molecule has 13 nitrogen and oxygen atoms in total. The van der Waals surface area contributed by atoms with Crippen LogP contribution in [0.3, 0.4) is 0 Å². The smallest absolute Gasteiger partial charge is 0.329 e. The molecule has 3 N–H and O–H groups in total. The minimum Gasteiger partial charge on any atom is -0.456 e. The molecular weight excluding hydrogens is 824 g/mol. The molecule has 3 aliphatic heterocycles. The summed E-state index contributed by atoms with van der Waals surface area (Å²) in [6.07, 6.45) is 1.24. The summed E-state index contributed by atoms with van der Waals surface area (Å²) in [7, 11) is 4.60. The van der Waals surface area contributed by atoms with E-state index < -0.39 is 89.9 Å². The zero-order valence-electron chi connectivity index (χ0n) is 39.5. The second-order valence-corrected chi connectivity index (χ2v) is 19.0. The predicted molar refractivity (Wildman–Crippen MR) is 239 cm³/mol. The van der Waals surface area contributed by atoms with E-state index in [9.17, 15) is 29.4 Å². The van der Waals surface area contributed by atoms with Crippen molar-refractivity contribution in [3.8, 4) is 0 Å².